The van der Waals surface area contributed by atoms with E-state index in [2.05, 4.69) is 10.3 Å². The summed E-state index contributed by atoms with van der Waals surface area (Å²) >= 11 is 0. The van der Waals surface area contributed by atoms with Crippen LogP contribution < -0.4 is 0 Å². The molecule has 2 fully saturated rings. The summed E-state index contributed by atoms with van der Waals surface area (Å²) in [5.41, 5.74) is 2.89. The molecule has 1 aromatic heterocycles. The molecule has 2 saturated heterocycles. The number of carbonyl (C=O) groups is 1. The maximum Gasteiger partial charge on any atom is 0.360 e. The largest absolute Gasteiger partial charge is 0.458 e. The summed E-state index contributed by atoms with van der Waals surface area (Å²) < 4.78 is 31.4. The van der Waals surface area contributed by atoms with Crippen molar-refractivity contribution in [3.8, 4) is 0 Å². The fourth-order valence-electron chi connectivity index (χ4n) is 4.33. The molecule has 184 valence electrons. The van der Waals surface area contributed by atoms with Crippen molar-refractivity contribution in [2.75, 3.05) is 6.61 Å². The zero-order chi connectivity index (χ0) is 24.4. The standard InChI is InChI=1S/C26H29N3O6/c1-17-21(27-28-29(17)14-18-10-6-4-7-11-18)24(30)32-16-20-22(31-15-19-12-8-5-9-13-19)23-25(33-20)35-26(2,3)34-23/h4-13,20,22-23,25H,14-16H2,1-3H3/t20-,22?,23?,25-/m1/s1. The molecule has 2 unspecified atom stereocenters. The Labute approximate surface area is 203 Å². The zero-order valence-electron chi connectivity index (χ0n) is 20.0. The molecule has 9 nitrogen and oxygen atoms in total. The van der Waals surface area contributed by atoms with Gasteiger partial charge in [0.05, 0.1) is 18.8 Å². The molecule has 2 aliphatic heterocycles. The third-order valence-electron chi connectivity index (χ3n) is 6.10. The van der Waals surface area contributed by atoms with Gasteiger partial charge in [0.25, 0.3) is 0 Å². The fourth-order valence-corrected chi connectivity index (χ4v) is 4.33. The first kappa shape index (κ1) is 23.6. The van der Waals surface area contributed by atoms with Crippen molar-refractivity contribution in [3.05, 3.63) is 83.2 Å². The van der Waals surface area contributed by atoms with E-state index in [1.807, 2.05) is 74.5 Å². The molecule has 4 atom stereocenters. The third-order valence-corrected chi connectivity index (χ3v) is 6.10. The molecule has 0 N–H and O–H groups in total. The molecular weight excluding hydrogens is 450 g/mol. The van der Waals surface area contributed by atoms with Crippen molar-refractivity contribution in [2.45, 2.75) is 64.3 Å². The molecule has 35 heavy (non-hydrogen) atoms. The molecule has 5 rings (SSSR count). The lowest BCUT2D eigenvalue weighted by atomic mass is 10.1. The molecule has 0 radical (unpaired) electrons. The minimum Gasteiger partial charge on any atom is -0.458 e. The lowest BCUT2D eigenvalue weighted by molar-refractivity contribution is -0.222. The van der Waals surface area contributed by atoms with Crippen molar-refractivity contribution in [2.24, 2.45) is 0 Å². The smallest absolute Gasteiger partial charge is 0.360 e. The summed E-state index contributed by atoms with van der Waals surface area (Å²) in [6, 6.07) is 19.7. The SMILES string of the molecule is Cc1c(C(=O)OC[C@H]2O[C@@H]3OC(C)(C)OC3C2OCc2ccccc2)nnn1Cc1ccccc1. The van der Waals surface area contributed by atoms with Crippen molar-refractivity contribution >= 4 is 5.97 Å². The van der Waals surface area contributed by atoms with Crippen LogP contribution in [0.15, 0.2) is 60.7 Å². The molecule has 0 saturated carbocycles. The van der Waals surface area contributed by atoms with Crippen LogP contribution in [0.5, 0.6) is 0 Å². The van der Waals surface area contributed by atoms with Gasteiger partial charge in [-0.15, -0.1) is 5.10 Å². The van der Waals surface area contributed by atoms with Gasteiger partial charge in [-0.2, -0.15) is 0 Å². The number of carbonyl (C=O) groups excluding carboxylic acids is 1. The number of esters is 1. The highest BCUT2D eigenvalue weighted by atomic mass is 16.8. The Hall–Kier alpha value is -3.11. The van der Waals surface area contributed by atoms with Gasteiger partial charge in [0.2, 0.25) is 0 Å². The molecule has 2 aromatic carbocycles. The van der Waals surface area contributed by atoms with E-state index in [1.54, 1.807) is 11.6 Å². The number of hydrogen-bond acceptors (Lipinski definition) is 8. The van der Waals surface area contributed by atoms with Gasteiger partial charge in [0.15, 0.2) is 17.8 Å². The molecule has 0 aliphatic carbocycles. The van der Waals surface area contributed by atoms with Crippen LogP contribution in [0.4, 0.5) is 0 Å². The summed E-state index contributed by atoms with van der Waals surface area (Å²) in [7, 11) is 0. The van der Waals surface area contributed by atoms with Crippen LogP contribution in [0.25, 0.3) is 0 Å². The first-order chi connectivity index (χ1) is 16.9. The quantitative estimate of drug-likeness (QED) is 0.455. The lowest BCUT2D eigenvalue weighted by Gasteiger charge is -2.25. The molecule has 3 heterocycles. The van der Waals surface area contributed by atoms with E-state index in [0.29, 0.717) is 18.8 Å². The Morgan fingerprint density at radius 1 is 1.03 bits per heavy atom. The van der Waals surface area contributed by atoms with E-state index in [4.69, 9.17) is 23.7 Å². The Bertz CT molecular complexity index is 1150. The summed E-state index contributed by atoms with van der Waals surface area (Å²) in [6.45, 7) is 6.33. The Morgan fingerprint density at radius 2 is 1.71 bits per heavy atom. The number of fused-ring (bicyclic) bond motifs is 1. The van der Waals surface area contributed by atoms with Crippen LogP contribution in [-0.2, 0) is 36.8 Å². The van der Waals surface area contributed by atoms with E-state index < -0.39 is 36.4 Å². The topological polar surface area (TPSA) is 93.9 Å². The first-order valence-corrected chi connectivity index (χ1v) is 11.7. The second-order valence-electron chi connectivity index (χ2n) is 9.17. The molecule has 9 heteroatoms. The average molecular weight is 480 g/mol. The molecular formula is C26H29N3O6. The van der Waals surface area contributed by atoms with Gasteiger partial charge < -0.3 is 23.7 Å². The van der Waals surface area contributed by atoms with Gasteiger partial charge in [-0.3, -0.25) is 0 Å². The first-order valence-electron chi connectivity index (χ1n) is 11.7. The highest BCUT2D eigenvalue weighted by Crippen LogP contribution is 2.39. The Kier molecular flexibility index (Phi) is 6.66. The van der Waals surface area contributed by atoms with Gasteiger partial charge in [-0.1, -0.05) is 65.9 Å². The zero-order valence-corrected chi connectivity index (χ0v) is 20.0. The third kappa shape index (κ3) is 5.28. The lowest BCUT2D eigenvalue weighted by Crippen LogP contribution is -2.39. The van der Waals surface area contributed by atoms with Gasteiger partial charge >= 0.3 is 5.97 Å². The minimum absolute atomic E-state index is 0.0244. The molecule has 0 spiro atoms. The second kappa shape index (κ2) is 9.87. The summed E-state index contributed by atoms with van der Waals surface area (Å²) in [5, 5.41) is 8.17. The number of nitrogens with zero attached hydrogens (tertiary/aromatic N) is 3. The number of ether oxygens (including phenoxy) is 5. The van der Waals surface area contributed by atoms with Crippen LogP contribution in [0.2, 0.25) is 0 Å². The predicted molar refractivity (Wildman–Crippen MR) is 124 cm³/mol. The van der Waals surface area contributed by atoms with E-state index in [1.165, 1.54) is 0 Å². The molecule has 2 aliphatic rings. The van der Waals surface area contributed by atoms with E-state index in [-0.39, 0.29) is 12.3 Å². The van der Waals surface area contributed by atoms with E-state index in [0.717, 1.165) is 11.1 Å². The summed E-state index contributed by atoms with van der Waals surface area (Å²) in [6.07, 6.45) is -2.04. The molecule has 3 aromatic rings. The van der Waals surface area contributed by atoms with E-state index >= 15 is 0 Å². The van der Waals surface area contributed by atoms with Gasteiger partial charge in [-0.25, -0.2) is 9.48 Å². The van der Waals surface area contributed by atoms with Crippen LogP contribution in [0.3, 0.4) is 0 Å². The molecule has 0 amide bonds. The van der Waals surface area contributed by atoms with Gasteiger partial charge in [0, 0.05) is 0 Å². The summed E-state index contributed by atoms with van der Waals surface area (Å²) in [4.78, 5) is 12.8. The summed E-state index contributed by atoms with van der Waals surface area (Å²) in [5.74, 6) is -1.34. The van der Waals surface area contributed by atoms with E-state index in [9.17, 15) is 4.79 Å². The maximum atomic E-state index is 12.8. The minimum atomic E-state index is -0.778. The van der Waals surface area contributed by atoms with Crippen molar-refractivity contribution in [1.29, 1.82) is 0 Å². The highest BCUT2D eigenvalue weighted by Gasteiger charge is 2.55. The Balaban J connectivity index is 1.23. The van der Waals surface area contributed by atoms with Gasteiger partial charge in [0.1, 0.15) is 24.9 Å². The number of aromatic nitrogens is 3. The van der Waals surface area contributed by atoms with Crippen molar-refractivity contribution in [3.63, 3.8) is 0 Å². The fraction of sp³-hybridized carbons (Fsp3) is 0.423. The van der Waals surface area contributed by atoms with Gasteiger partial charge in [-0.05, 0) is 31.9 Å². The normalized spacial score (nSPS) is 24.9. The van der Waals surface area contributed by atoms with Crippen LogP contribution >= 0.6 is 0 Å². The second-order valence-corrected chi connectivity index (χ2v) is 9.17. The number of hydrogen-bond donors (Lipinski definition) is 0. The van der Waals surface area contributed by atoms with Crippen LogP contribution in [0.1, 0.15) is 41.2 Å². The predicted octanol–water partition coefficient (Wildman–Crippen LogP) is 3.25. The average Bonchev–Trinajstić information content (AvgIpc) is 3.46. The maximum absolute atomic E-state index is 12.8. The van der Waals surface area contributed by atoms with Crippen LogP contribution in [-0.4, -0.2) is 58.0 Å². The number of benzene rings is 2. The van der Waals surface area contributed by atoms with Crippen molar-refractivity contribution < 1.29 is 28.5 Å². The monoisotopic (exact) mass is 479 g/mol. The van der Waals surface area contributed by atoms with Crippen LogP contribution in [0, 0.1) is 6.92 Å². The number of rotatable bonds is 8. The van der Waals surface area contributed by atoms with Crippen molar-refractivity contribution in [1.82, 2.24) is 15.0 Å². The Morgan fingerprint density at radius 3 is 2.43 bits per heavy atom. The molecule has 0 bridgehead atoms. The highest BCUT2D eigenvalue weighted by molar-refractivity contribution is 5.88.